The molecule has 0 aromatic heterocycles. The van der Waals surface area contributed by atoms with Crippen LogP contribution in [0.2, 0.25) is 0 Å². The van der Waals surface area contributed by atoms with Gasteiger partial charge in [-0.25, -0.2) is 0 Å². The summed E-state index contributed by atoms with van der Waals surface area (Å²) in [4.78, 5) is 11.7. The Morgan fingerprint density at radius 3 is 2.75 bits per heavy atom. The van der Waals surface area contributed by atoms with Crippen LogP contribution in [-0.4, -0.2) is 25.6 Å². The molecule has 3 aromatic carbocycles. The molecule has 0 radical (unpaired) electrons. The molecule has 1 fully saturated rings. The topological polar surface area (TPSA) is 59.6 Å². The summed E-state index contributed by atoms with van der Waals surface area (Å²) in [6.07, 6.45) is 0.822. The normalized spacial score (nSPS) is 16.2. The second kappa shape index (κ2) is 8.31. The fourth-order valence-electron chi connectivity index (χ4n) is 3.54. The zero-order valence-corrected chi connectivity index (χ0v) is 15.9. The molecule has 1 aliphatic heterocycles. The maximum Gasteiger partial charge on any atom is 0.237 e. The molecule has 1 atom stereocenters. The number of hydrogen-bond donors (Lipinski definition) is 2. The van der Waals surface area contributed by atoms with Crippen molar-refractivity contribution in [2.45, 2.75) is 25.6 Å². The van der Waals surface area contributed by atoms with E-state index in [9.17, 15) is 4.79 Å². The summed E-state index contributed by atoms with van der Waals surface area (Å²) in [5.74, 6) is 1.47. The number of fused-ring (bicyclic) bond motifs is 1. The van der Waals surface area contributed by atoms with E-state index in [0.29, 0.717) is 24.7 Å². The molecule has 3 aromatic rings. The van der Waals surface area contributed by atoms with Crippen LogP contribution in [0.3, 0.4) is 0 Å². The second-order valence-corrected chi connectivity index (χ2v) is 6.93. The third-order valence-electron chi connectivity index (χ3n) is 5.09. The van der Waals surface area contributed by atoms with Crippen LogP contribution in [0.25, 0.3) is 10.8 Å². The first kappa shape index (κ1) is 18.3. The first-order valence-electron chi connectivity index (χ1n) is 9.52. The van der Waals surface area contributed by atoms with Crippen LogP contribution in [0, 0.1) is 0 Å². The van der Waals surface area contributed by atoms with Crippen molar-refractivity contribution in [3.63, 3.8) is 0 Å². The lowest BCUT2D eigenvalue weighted by Crippen LogP contribution is -2.35. The van der Waals surface area contributed by atoms with Gasteiger partial charge in [0, 0.05) is 13.1 Å². The Balaban J connectivity index is 1.45. The first-order valence-corrected chi connectivity index (χ1v) is 9.52. The smallest absolute Gasteiger partial charge is 0.237 e. The van der Waals surface area contributed by atoms with Crippen LogP contribution in [-0.2, 0) is 17.9 Å². The van der Waals surface area contributed by atoms with Crippen molar-refractivity contribution in [1.82, 2.24) is 10.6 Å². The number of benzene rings is 3. The molecule has 0 saturated carbocycles. The Morgan fingerprint density at radius 1 is 1.07 bits per heavy atom. The molecule has 28 heavy (non-hydrogen) atoms. The summed E-state index contributed by atoms with van der Waals surface area (Å²) in [6.45, 7) is 1.82. The van der Waals surface area contributed by atoms with Crippen LogP contribution in [0.15, 0.2) is 60.7 Å². The molecule has 1 aliphatic rings. The SMILES string of the molecule is COc1cc(CNC2CCNC2=O)ccc1OCc1cccc2ccccc12. The number of rotatable bonds is 7. The number of nitrogens with one attached hydrogen (secondary N) is 2. The minimum atomic E-state index is -0.117. The van der Waals surface area contributed by atoms with E-state index in [1.807, 2.05) is 36.4 Å². The predicted octanol–water partition coefficient (Wildman–Crippen LogP) is 3.41. The van der Waals surface area contributed by atoms with Gasteiger partial charge in [0.15, 0.2) is 11.5 Å². The monoisotopic (exact) mass is 376 g/mol. The Bertz CT molecular complexity index is 981. The van der Waals surface area contributed by atoms with Gasteiger partial charge in [-0.3, -0.25) is 4.79 Å². The van der Waals surface area contributed by atoms with E-state index in [4.69, 9.17) is 9.47 Å². The molecule has 5 heteroatoms. The Hall–Kier alpha value is -3.05. The second-order valence-electron chi connectivity index (χ2n) is 6.93. The van der Waals surface area contributed by atoms with E-state index in [1.54, 1.807) is 7.11 Å². The zero-order chi connectivity index (χ0) is 19.3. The average molecular weight is 376 g/mol. The summed E-state index contributed by atoms with van der Waals surface area (Å²) in [5.41, 5.74) is 2.19. The Kier molecular flexibility index (Phi) is 5.44. The minimum Gasteiger partial charge on any atom is -0.493 e. The maximum absolute atomic E-state index is 11.7. The zero-order valence-electron chi connectivity index (χ0n) is 15.9. The molecule has 1 unspecified atom stereocenters. The predicted molar refractivity (Wildman–Crippen MR) is 110 cm³/mol. The summed E-state index contributed by atoms with van der Waals surface area (Å²) < 4.78 is 11.6. The molecular formula is C23H24N2O3. The van der Waals surface area contributed by atoms with Gasteiger partial charge in [0.05, 0.1) is 13.2 Å². The van der Waals surface area contributed by atoms with Gasteiger partial charge < -0.3 is 20.1 Å². The van der Waals surface area contributed by atoms with Crippen molar-refractivity contribution in [3.05, 3.63) is 71.8 Å². The van der Waals surface area contributed by atoms with Crippen molar-refractivity contribution < 1.29 is 14.3 Å². The van der Waals surface area contributed by atoms with Gasteiger partial charge in [0.2, 0.25) is 5.91 Å². The van der Waals surface area contributed by atoms with Crippen LogP contribution in [0.1, 0.15) is 17.5 Å². The molecule has 2 N–H and O–H groups in total. The highest BCUT2D eigenvalue weighted by atomic mass is 16.5. The van der Waals surface area contributed by atoms with Crippen molar-refractivity contribution in [2.24, 2.45) is 0 Å². The molecule has 0 aliphatic carbocycles. The fourth-order valence-corrected chi connectivity index (χ4v) is 3.54. The maximum atomic E-state index is 11.7. The highest BCUT2D eigenvalue weighted by Gasteiger charge is 2.23. The van der Waals surface area contributed by atoms with Gasteiger partial charge in [-0.15, -0.1) is 0 Å². The molecular weight excluding hydrogens is 352 g/mol. The van der Waals surface area contributed by atoms with Gasteiger partial charge in [0.1, 0.15) is 6.61 Å². The standard InChI is InChI=1S/C23H24N2O3/c1-27-22-13-16(14-25-20-11-12-24-23(20)26)9-10-21(22)28-15-18-7-4-6-17-5-2-3-8-19(17)18/h2-10,13,20,25H,11-12,14-15H2,1H3,(H,24,26). The number of amides is 1. The molecule has 1 heterocycles. The molecule has 1 amide bonds. The van der Waals surface area contributed by atoms with Gasteiger partial charge in [-0.2, -0.15) is 0 Å². The third kappa shape index (κ3) is 3.94. The van der Waals surface area contributed by atoms with E-state index in [1.165, 1.54) is 10.8 Å². The summed E-state index contributed by atoms with van der Waals surface area (Å²) in [5, 5.41) is 8.52. The summed E-state index contributed by atoms with van der Waals surface area (Å²) in [6, 6.07) is 20.3. The van der Waals surface area contributed by atoms with Gasteiger partial charge >= 0.3 is 0 Å². The third-order valence-corrected chi connectivity index (χ3v) is 5.09. The quantitative estimate of drug-likeness (QED) is 0.664. The summed E-state index contributed by atoms with van der Waals surface area (Å²) >= 11 is 0. The van der Waals surface area contributed by atoms with Crippen molar-refractivity contribution >= 4 is 16.7 Å². The highest BCUT2D eigenvalue weighted by molar-refractivity contribution is 5.85. The minimum absolute atomic E-state index is 0.0713. The van der Waals surface area contributed by atoms with E-state index < -0.39 is 0 Å². The lowest BCUT2D eigenvalue weighted by Gasteiger charge is -2.14. The molecule has 5 nitrogen and oxygen atoms in total. The lowest BCUT2D eigenvalue weighted by atomic mass is 10.1. The Morgan fingerprint density at radius 2 is 1.93 bits per heavy atom. The Labute approximate surface area is 164 Å². The molecule has 144 valence electrons. The largest absolute Gasteiger partial charge is 0.493 e. The van der Waals surface area contributed by atoms with E-state index in [0.717, 1.165) is 24.1 Å². The van der Waals surface area contributed by atoms with E-state index >= 15 is 0 Å². The van der Waals surface area contributed by atoms with Crippen LogP contribution in [0.5, 0.6) is 11.5 Å². The number of carbonyl (C=O) groups is 1. The average Bonchev–Trinajstić information content (AvgIpc) is 3.15. The number of hydrogen-bond acceptors (Lipinski definition) is 4. The van der Waals surface area contributed by atoms with Crippen LogP contribution in [0.4, 0.5) is 0 Å². The van der Waals surface area contributed by atoms with Crippen molar-refractivity contribution in [1.29, 1.82) is 0 Å². The molecule has 0 spiro atoms. The van der Waals surface area contributed by atoms with Crippen molar-refractivity contribution in [3.8, 4) is 11.5 Å². The lowest BCUT2D eigenvalue weighted by molar-refractivity contribution is -0.120. The highest BCUT2D eigenvalue weighted by Crippen LogP contribution is 2.30. The number of carbonyl (C=O) groups excluding carboxylic acids is 1. The number of ether oxygens (including phenoxy) is 2. The molecule has 0 bridgehead atoms. The molecule has 4 rings (SSSR count). The van der Waals surface area contributed by atoms with Gasteiger partial charge in [-0.05, 0) is 40.5 Å². The fraction of sp³-hybridized carbons (Fsp3) is 0.261. The van der Waals surface area contributed by atoms with Gasteiger partial charge in [0.25, 0.3) is 0 Å². The van der Waals surface area contributed by atoms with Crippen LogP contribution >= 0.6 is 0 Å². The van der Waals surface area contributed by atoms with Crippen LogP contribution < -0.4 is 20.1 Å². The number of methoxy groups -OCH3 is 1. The molecule has 1 saturated heterocycles. The summed E-state index contributed by atoms with van der Waals surface area (Å²) in [7, 11) is 1.64. The first-order chi connectivity index (χ1) is 13.7. The van der Waals surface area contributed by atoms with Crippen molar-refractivity contribution in [2.75, 3.05) is 13.7 Å². The van der Waals surface area contributed by atoms with E-state index in [-0.39, 0.29) is 11.9 Å². The van der Waals surface area contributed by atoms with E-state index in [2.05, 4.69) is 34.9 Å². The van der Waals surface area contributed by atoms with Gasteiger partial charge in [-0.1, -0.05) is 48.5 Å².